The van der Waals surface area contributed by atoms with Gasteiger partial charge < -0.3 is 9.80 Å². The zero-order valence-electron chi connectivity index (χ0n) is 17.0. The third-order valence-electron chi connectivity index (χ3n) is 6.04. The van der Waals surface area contributed by atoms with E-state index in [2.05, 4.69) is 5.10 Å². The number of carbonyl (C=O) groups excluding carboxylic acids is 3. The van der Waals surface area contributed by atoms with Crippen molar-refractivity contribution in [1.82, 2.24) is 24.5 Å². The molecule has 0 N–H and O–H groups in total. The van der Waals surface area contributed by atoms with Crippen molar-refractivity contribution in [2.45, 2.75) is 31.8 Å². The predicted molar refractivity (Wildman–Crippen MR) is 106 cm³/mol. The van der Waals surface area contributed by atoms with E-state index in [1.165, 1.54) is 11.9 Å². The topological polar surface area (TPSA) is 78.8 Å². The Hall–Kier alpha value is -3.16. The molecule has 2 aliphatic heterocycles. The van der Waals surface area contributed by atoms with E-state index in [1.807, 2.05) is 37.3 Å². The number of rotatable bonds is 3. The van der Waals surface area contributed by atoms with E-state index in [1.54, 1.807) is 27.7 Å². The van der Waals surface area contributed by atoms with Crippen molar-refractivity contribution in [3.05, 3.63) is 53.3 Å². The van der Waals surface area contributed by atoms with Crippen LogP contribution in [0.15, 0.2) is 36.5 Å². The number of likely N-dealkylation sites (tertiary alicyclic amines) is 1. The van der Waals surface area contributed by atoms with Crippen molar-refractivity contribution >= 4 is 17.8 Å². The van der Waals surface area contributed by atoms with Crippen LogP contribution in [0.5, 0.6) is 0 Å². The van der Waals surface area contributed by atoms with Crippen molar-refractivity contribution in [2.24, 2.45) is 7.05 Å². The first-order valence-corrected chi connectivity index (χ1v) is 9.77. The van der Waals surface area contributed by atoms with Crippen molar-refractivity contribution in [2.75, 3.05) is 20.1 Å². The molecule has 0 atom stereocenters. The molecular formula is C21H25N5O3. The summed E-state index contributed by atoms with van der Waals surface area (Å²) in [6.07, 6.45) is 2.58. The van der Waals surface area contributed by atoms with Crippen LogP contribution in [0.1, 0.15) is 34.5 Å². The van der Waals surface area contributed by atoms with Gasteiger partial charge >= 0.3 is 6.03 Å². The number of aryl methyl sites for hydroxylation is 2. The summed E-state index contributed by atoms with van der Waals surface area (Å²) < 4.78 is 1.63. The molecule has 152 valence electrons. The lowest BCUT2D eigenvalue weighted by atomic mass is 9.85. The van der Waals surface area contributed by atoms with Gasteiger partial charge in [0, 0.05) is 39.9 Å². The minimum atomic E-state index is -0.886. The average molecular weight is 395 g/mol. The van der Waals surface area contributed by atoms with Gasteiger partial charge in [-0.05, 0) is 25.3 Å². The van der Waals surface area contributed by atoms with Crippen LogP contribution < -0.4 is 0 Å². The smallest absolute Gasteiger partial charge is 0.327 e. The number of urea groups is 1. The lowest BCUT2D eigenvalue weighted by Gasteiger charge is -2.42. The molecule has 2 saturated heterocycles. The van der Waals surface area contributed by atoms with Crippen LogP contribution in [0, 0.1) is 6.92 Å². The monoisotopic (exact) mass is 395 g/mol. The van der Waals surface area contributed by atoms with E-state index in [-0.39, 0.29) is 17.8 Å². The molecule has 1 aromatic carbocycles. The minimum Gasteiger partial charge on any atom is -0.338 e. The summed E-state index contributed by atoms with van der Waals surface area (Å²) in [4.78, 5) is 43.4. The van der Waals surface area contributed by atoms with Gasteiger partial charge in [-0.15, -0.1) is 0 Å². The third-order valence-corrected chi connectivity index (χ3v) is 6.04. The molecule has 8 heteroatoms. The van der Waals surface area contributed by atoms with Gasteiger partial charge in [0.15, 0.2) is 0 Å². The molecule has 8 nitrogen and oxygen atoms in total. The number of aromatic nitrogens is 2. The van der Waals surface area contributed by atoms with Gasteiger partial charge in [0.25, 0.3) is 11.8 Å². The molecule has 1 spiro atoms. The SMILES string of the molecule is Cc1nn(C)cc1C(=O)N1CCC2(CC1)C(=O)N(C)C(=O)N2Cc1ccccc1. The average Bonchev–Trinajstić information content (AvgIpc) is 3.15. The Balaban J connectivity index is 1.55. The van der Waals surface area contributed by atoms with Gasteiger partial charge in [0.2, 0.25) is 0 Å². The molecule has 2 aliphatic rings. The molecule has 1 aromatic heterocycles. The molecule has 0 radical (unpaired) electrons. The van der Waals surface area contributed by atoms with E-state index in [9.17, 15) is 14.4 Å². The molecule has 3 heterocycles. The fourth-order valence-corrected chi connectivity index (χ4v) is 4.41. The van der Waals surface area contributed by atoms with Crippen molar-refractivity contribution in [3.63, 3.8) is 0 Å². The van der Waals surface area contributed by atoms with Crippen LogP contribution in [-0.2, 0) is 18.4 Å². The maximum Gasteiger partial charge on any atom is 0.327 e. The highest BCUT2D eigenvalue weighted by molar-refractivity contribution is 6.07. The fraction of sp³-hybridized carbons (Fsp3) is 0.429. The number of piperidine rings is 1. The number of carbonyl (C=O) groups is 3. The lowest BCUT2D eigenvalue weighted by Crippen LogP contribution is -2.57. The molecule has 0 bridgehead atoms. The van der Waals surface area contributed by atoms with Crippen LogP contribution in [0.25, 0.3) is 0 Å². The van der Waals surface area contributed by atoms with Gasteiger partial charge in [-0.1, -0.05) is 30.3 Å². The number of imide groups is 1. The number of amides is 4. The first kappa shape index (κ1) is 19.2. The fourth-order valence-electron chi connectivity index (χ4n) is 4.41. The third kappa shape index (κ3) is 3.08. The normalized spacial score (nSPS) is 18.8. The molecule has 0 saturated carbocycles. The quantitative estimate of drug-likeness (QED) is 0.743. The zero-order valence-corrected chi connectivity index (χ0v) is 17.0. The van der Waals surface area contributed by atoms with E-state index < -0.39 is 5.54 Å². The second-order valence-corrected chi connectivity index (χ2v) is 7.84. The zero-order chi connectivity index (χ0) is 20.8. The summed E-state index contributed by atoms with van der Waals surface area (Å²) >= 11 is 0. The second-order valence-electron chi connectivity index (χ2n) is 7.84. The molecule has 4 amide bonds. The van der Waals surface area contributed by atoms with Crippen LogP contribution in [-0.4, -0.2) is 68.0 Å². The maximum atomic E-state index is 13.0. The van der Waals surface area contributed by atoms with E-state index >= 15 is 0 Å². The van der Waals surface area contributed by atoms with E-state index in [0.717, 1.165) is 5.56 Å². The summed E-state index contributed by atoms with van der Waals surface area (Å²) in [6.45, 7) is 3.04. The lowest BCUT2D eigenvalue weighted by molar-refractivity contribution is -0.134. The van der Waals surface area contributed by atoms with Gasteiger partial charge in [-0.3, -0.25) is 19.2 Å². The number of likely N-dealkylation sites (N-methyl/N-ethyl adjacent to an activating group) is 1. The molecular weight excluding hydrogens is 370 g/mol. The Morgan fingerprint density at radius 1 is 1.10 bits per heavy atom. The Bertz CT molecular complexity index is 960. The highest BCUT2D eigenvalue weighted by Crippen LogP contribution is 2.38. The number of nitrogens with zero attached hydrogens (tertiary/aromatic N) is 5. The van der Waals surface area contributed by atoms with E-state index in [0.29, 0.717) is 43.7 Å². The summed E-state index contributed by atoms with van der Waals surface area (Å²) in [5.74, 6) is -0.256. The van der Waals surface area contributed by atoms with Crippen LogP contribution in [0.4, 0.5) is 4.79 Å². The molecule has 29 heavy (non-hydrogen) atoms. The predicted octanol–water partition coefficient (Wildman–Crippen LogP) is 1.80. The molecule has 0 aliphatic carbocycles. The molecule has 0 unspecified atom stereocenters. The van der Waals surface area contributed by atoms with E-state index in [4.69, 9.17) is 0 Å². The number of hydrogen-bond donors (Lipinski definition) is 0. The Morgan fingerprint density at radius 3 is 2.34 bits per heavy atom. The number of hydrogen-bond acceptors (Lipinski definition) is 4. The van der Waals surface area contributed by atoms with Gasteiger partial charge in [0.05, 0.1) is 11.3 Å². The van der Waals surface area contributed by atoms with Crippen LogP contribution >= 0.6 is 0 Å². The summed E-state index contributed by atoms with van der Waals surface area (Å²) in [5.41, 5.74) is 1.36. The minimum absolute atomic E-state index is 0.0785. The van der Waals surface area contributed by atoms with Gasteiger partial charge in [-0.2, -0.15) is 5.10 Å². The largest absolute Gasteiger partial charge is 0.338 e. The summed E-state index contributed by atoms with van der Waals surface area (Å²) in [5, 5.41) is 4.24. The first-order chi connectivity index (χ1) is 13.8. The Morgan fingerprint density at radius 2 is 1.76 bits per heavy atom. The molecule has 4 rings (SSSR count). The Labute approximate surface area is 169 Å². The summed E-state index contributed by atoms with van der Waals surface area (Å²) in [6, 6.07) is 9.40. The Kier molecular flexibility index (Phi) is 4.64. The molecule has 2 aromatic rings. The van der Waals surface area contributed by atoms with Crippen LogP contribution in [0.2, 0.25) is 0 Å². The first-order valence-electron chi connectivity index (χ1n) is 9.77. The van der Waals surface area contributed by atoms with Crippen molar-refractivity contribution in [3.8, 4) is 0 Å². The van der Waals surface area contributed by atoms with Crippen molar-refractivity contribution in [1.29, 1.82) is 0 Å². The van der Waals surface area contributed by atoms with Crippen molar-refractivity contribution < 1.29 is 14.4 Å². The number of benzene rings is 1. The standard InChI is InChI=1S/C21H25N5O3/c1-15-17(14-23(2)22-15)18(27)25-11-9-21(10-12-25)19(28)24(3)20(29)26(21)13-16-7-5-4-6-8-16/h4-8,14H,9-13H2,1-3H3. The summed E-state index contributed by atoms with van der Waals surface area (Å²) in [7, 11) is 3.32. The highest BCUT2D eigenvalue weighted by atomic mass is 16.2. The molecule has 2 fully saturated rings. The van der Waals surface area contributed by atoms with Crippen LogP contribution in [0.3, 0.4) is 0 Å². The van der Waals surface area contributed by atoms with Gasteiger partial charge in [-0.25, -0.2) is 4.79 Å². The maximum absolute atomic E-state index is 13.0. The van der Waals surface area contributed by atoms with Gasteiger partial charge in [0.1, 0.15) is 5.54 Å². The highest BCUT2D eigenvalue weighted by Gasteiger charge is 2.57. The second kappa shape index (κ2) is 7.02.